The lowest BCUT2D eigenvalue weighted by Gasteiger charge is -1.98. The summed E-state index contributed by atoms with van der Waals surface area (Å²) >= 11 is 1.44. The summed E-state index contributed by atoms with van der Waals surface area (Å²) in [6.07, 6.45) is 3.55. The Morgan fingerprint density at radius 1 is 1.38 bits per heavy atom. The molecule has 0 bridgehead atoms. The van der Waals surface area contributed by atoms with Crippen molar-refractivity contribution in [3.63, 3.8) is 0 Å². The topological polar surface area (TPSA) is 47.0 Å². The highest BCUT2D eigenvalue weighted by molar-refractivity contribution is 7.09. The smallest absolute Gasteiger partial charge is 0.189 e. The van der Waals surface area contributed by atoms with Gasteiger partial charge in [0.05, 0.1) is 11.4 Å². The summed E-state index contributed by atoms with van der Waals surface area (Å²) < 4.78 is 0. The minimum absolute atomic E-state index is 0.00683. The van der Waals surface area contributed by atoms with Crippen LogP contribution in [0.2, 0.25) is 0 Å². The Morgan fingerprint density at radius 2 is 2.12 bits per heavy atom. The highest BCUT2D eigenvalue weighted by Gasteiger charge is 2.13. The number of carbonyl (C=O) groups excluding carboxylic acids is 2. The van der Waals surface area contributed by atoms with Crippen molar-refractivity contribution in [2.75, 3.05) is 0 Å². The molecule has 0 aliphatic rings. The first-order valence-corrected chi connectivity index (χ1v) is 6.48. The van der Waals surface area contributed by atoms with Crippen LogP contribution >= 0.6 is 11.3 Å². The molecule has 0 unspecified atom stereocenters. The molecule has 1 aromatic rings. The van der Waals surface area contributed by atoms with E-state index in [2.05, 4.69) is 11.9 Å². The van der Waals surface area contributed by atoms with Crippen LogP contribution in [0.4, 0.5) is 0 Å². The van der Waals surface area contributed by atoms with Crippen molar-refractivity contribution in [1.82, 2.24) is 4.98 Å². The molecule has 88 valence electrons. The number of ketones is 2. The molecule has 0 saturated heterocycles. The van der Waals surface area contributed by atoms with Crippen LogP contribution in [0.1, 0.15) is 54.5 Å². The lowest BCUT2D eigenvalue weighted by molar-refractivity contribution is -0.118. The normalized spacial score (nSPS) is 10.4. The van der Waals surface area contributed by atoms with Crippen molar-refractivity contribution in [3.8, 4) is 0 Å². The average Bonchev–Trinajstić information content (AvgIpc) is 2.65. The number of aryl methyl sites for hydroxylation is 1. The number of carbonyl (C=O) groups is 2. The maximum atomic E-state index is 11.6. The molecule has 0 saturated carbocycles. The van der Waals surface area contributed by atoms with E-state index >= 15 is 0 Å². The van der Waals surface area contributed by atoms with Crippen LogP contribution in [-0.4, -0.2) is 16.6 Å². The SMILES string of the molecule is CCCCCC(=O)CC(=O)c1csc(C)n1. The minimum atomic E-state index is -0.147. The van der Waals surface area contributed by atoms with Crippen LogP contribution in [0.5, 0.6) is 0 Å². The molecule has 0 spiro atoms. The van der Waals surface area contributed by atoms with Crippen molar-refractivity contribution in [2.45, 2.75) is 46.0 Å². The largest absolute Gasteiger partial charge is 0.299 e. The second kappa shape index (κ2) is 6.53. The van der Waals surface area contributed by atoms with Crippen molar-refractivity contribution in [1.29, 1.82) is 0 Å². The number of nitrogens with zero attached hydrogens (tertiary/aromatic N) is 1. The van der Waals surface area contributed by atoms with Gasteiger partial charge in [-0.25, -0.2) is 4.98 Å². The molecule has 0 aliphatic heterocycles. The molecule has 0 radical (unpaired) electrons. The minimum Gasteiger partial charge on any atom is -0.299 e. The second-order valence-electron chi connectivity index (χ2n) is 3.85. The van der Waals surface area contributed by atoms with E-state index in [1.54, 1.807) is 5.38 Å². The van der Waals surface area contributed by atoms with Crippen molar-refractivity contribution >= 4 is 22.9 Å². The molecule has 1 rings (SSSR count). The van der Waals surface area contributed by atoms with Gasteiger partial charge in [0.15, 0.2) is 5.78 Å². The number of aromatic nitrogens is 1. The molecular weight excluding hydrogens is 222 g/mol. The van der Waals surface area contributed by atoms with Gasteiger partial charge in [-0.2, -0.15) is 0 Å². The van der Waals surface area contributed by atoms with Gasteiger partial charge in [-0.15, -0.1) is 11.3 Å². The summed E-state index contributed by atoms with van der Waals surface area (Å²) in [4.78, 5) is 27.2. The number of hydrogen-bond acceptors (Lipinski definition) is 4. The van der Waals surface area contributed by atoms with Gasteiger partial charge in [0, 0.05) is 11.8 Å². The van der Waals surface area contributed by atoms with E-state index in [1.807, 2.05) is 6.92 Å². The Kier molecular flexibility index (Phi) is 5.32. The van der Waals surface area contributed by atoms with Gasteiger partial charge in [-0.1, -0.05) is 19.8 Å². The van der Waals surface area contributed by atoms with E-state index in [0.29, 0.717) is 12.1 Å². The highest BCUT2D eigenvalue weighted by Crippen LogP contribution is 2.11. The molecule has 0 aromatic carbocycles. The fraction of sp³-hybridized carbons (Fsp3) is 0.583. The molecule has 0 N–H and O–H groups in total. The summed E-state index contributed by atoms with van der Waals surface area (Å²) in [6, 6.07) is 0. The van der Waals surface area contributed by atoms with Gasteiger partial charge in [0.1, 0.15) is 11.5 Å². The van der Waals surface area contributed by atoms with Gasteiger partial charge in [-0.05, 0) is 13.3 Å². The number of unbranched alkanes of at least 4 members (excludes halogenated alkanes) is 2. The summed E-state index contributed by atoms with van der Waals surface area (Å²) in [7, 11) is 0. The Balaban J connectivity index is 2.37. The number of hydrogen-bond donors (Lipinski definition) is 0. The first-order chi connectivity index (χ1) is 7.63. The van der Waals surface area contributed by atoms with Crippen LogP contribution < -0.4 is 0 Å². The summed E-state index contributed by atoms with van der Waals surface area (Å²) in [5.41, 5.74) is 0.436. The van der Waals surface area contributed by atoms with Crippen LogP contribution in [0.3, 0.4) is 0 Å². The monoisotopic (exact) mass is 239 g/mol. The maximum absolute atomic E-state index is 11.6. The predicted octanol–water partition coefficient (Wildman–Crippen LogP) is 3.17. The number of rotatable bonds is 7. The zero-order valence-electron chi connectivity index (χ0n) is 9.78. The van der Waals surface area contributed by atoms with E-state index < -0.39 is 0 Å². The molecule has 0 fully saturated rings. The van der Waals surface area contributed by atoms with E-state index in [9.17, 15) is 9.59 Å². The second-order valence-corrected chi connectivity index (χ2v) is 4.91. The van der Waals surface area contributed by atoms with Gasteiger partial charge < -0.3 is 0 Å². The first-order valence-electron chi connectivity index (χ1n) is 5.60. The maximum Gasteiger partial charge on any atom is 0.189 e. The molecule has 0 atom stereocenters. The molecule has 1 aromatic heterocycles. The molecule has 0 aliphatic carbocycles. The predicted molar refractivity (Wildman–Crippen MR) is 64.9 cm³/mol. The van der Waals surface area contributed by atoms with Gasteiger partial charge in [0.2, 0.25) is 0 Å². The summed E-state index contributed by atoms with van der Waals surface area (Å²) in [6.45, 7) is 3.94. The number of thiazole rings is 1. The zero-order valence-corrected chi connectivity index (χ0v) is 10.6. The van der Waals surface area contributed by atoms with Crippen LogP contribution in [0.15, 0.2) is 5.38 Å². The van der Waals surface area contributed by atoms with E-state index in [-0.39, 0.29) is 18.0 Å². The molecular formula is C12H17NO2S. The van der Waals surface area contributed by atoms with Crippen molar-refractivity contribution < 1.29 is 9.59 Å². The highest BCUT2D eigenvalue weighted by atomic mass is 32.1. The Hall–Kier alpha value is -1.03. The van der Waals surface area contributed by atoms with Crippen molar-refractivity contribution in [3.05, 3.63) is 16.1 Å². The Morgan fingerprint density at radius 3 is 2.69 bits per heavy atom. The van der Waals surface area contributed by atoms with Gasteiger partial charge in [0.25, 0.3) is 0 Å². The molecule has 4 heteroatoms. The lowest BCUT2D eigenvalue weighted by atomic mass is 10.1. The third kappa shape index (κ3) is 4.23. The zero-order chi connectivity index (χ0) is 12.0. The fourth-order valence-electron chi connectivity index (χ4n) is 1.42. The van der Waals surface area contributed by atoms with Gasteiger partial charge in [-0.3, -0.25) is 9.59 Å². The molecule has 16 heavy (non-hydrogen) atoms. The quantitative estimate of drug-likeness (QED) is 0.417. The van der Waals surface area contributed by atoms with Crippen LogP contribution in [-0.2, 0) is 4.79 Å². The molecule has 1 heterocycles. The van der Waals surface area contributed by atoms with Crippen molar-refractivity contribution in [2.24, 2.45) is 0 Å². The van der Waals surface area contributed by atoms with E-state index in [0.717, 1.165) is 24.3 Å². The van der Waals surface area contributed by atoms with Crippen LogP contribution in [0.25, 0.3) is 0 Å². The summed E-state index contributed by atoms with van der Waals surface area (Å²) in [5, 5.41) is 2.58. The van der Waals surface area contributed by atoms with E-state index in [1.165, 1.54) is 11.3 Å². The standard InChI is InChI=1S/C12H17NO2S/c1-3-4-5-6-10(14)7-12(15)11-8-16-9(2)13-11/h8H,3-7H2,1-2H3. The lowest BCUT2D eigenvalue weighted by Crippen LogP contribution is -2.08. The van der Waals surface area contributed by atoms with Gasteiger partial charge >= 0.3 is 0 Å². The Labute approximate surface area is 99.9 Å². The molecule has 0 amide bonds. The fourth-order valence-corrected chi connectivity index (χ4v) is 2.04. The van der Waals surface area contributed by atoms with E-state index in [4.69, 9.17) is 0 Å². The summed E-state index contributed by atoms with van der Waals surface area (Å²) in [5.74, 6) is -0.116. The molecule has 3 nitrogen and oxygen atoms in total. The first kappa shape index (κ1) is 13.0. The third-order valence-corrected chi connectivity index (χ3v) is 3.10. The third-order valence-electron chi connectivity index (χ3n) is 2.32. The number of Topliss-reactive ketones (excluding diaryl/α,β-unsaturated/α-hetero) is 2. The average molecular weight is 239 g/mol. The van der Waals surface area contributed by atoms with Crippen LogP contribution in [0, 0.1) is 6.92 Å². The Bertz CT molecular complexity index is 371.